The average molecular weight is 511 g/mol. The molecule has 35 heavy (non-hydrogen) atoms. The SMILES string of the molecule is COc1cc(/C=C2\C(=O)N(c3ccc(Cl)c(C(=O)O)c3)N=C2C)ccc1OCc1ccccc1Cl. The number of carboxylic acid groups (broad SMARTS) is 1. The standard InChI is InChI=1S/C26H20Cl2N2O5/c1-15-19(25(31)30(29-15)18-8-9-22(28)20(13-18)26(32)33)11-16-7-10-23(24(12-16)34-2)35-14-17-5-3-4-6-21(17)27/h3-13H,14H2,1-2H3,(H,32,33)/b19-11-. The Labute approximate surface area is 211 Å². The third-order valence-electron chi connectivity index (χ3n) is 5.33. The fraction of sp³-hybridized carbons (Fsp3) is 0.115. The van der Waals surface area contributed by atoms with Gasteiger partial charge in [0, 0.05) is 10.6 Å². The van der Waals surface area contributed by atoms with Crippen molar-refractivity contribution in [3.05, 3.63) is 93.0 Å². The van der Waals surface area contributed by atoms with Crippen LogP contribution in [0.1, 0.15) is 28.4 Å². The number of hydrogen-bond donors (Lipinski definition) is 1. The number of nitrogens with zero attached hydrogens (tertiary/aromatic N) is 2. The lowest BCUT2D eigenvalue weighted by Crippen LogP contribution is -2.21. The number of benzene rings is 3. The first-order valence-electron chi connectivity index (χ1n) is 10.5. The smallest absolute Gasteiger partial charge is 0.337 e. The summed E-state index contributed by atoms with van der Waals surface area (Å²) in [5.41, 5.74) is 2.59. The maximum absolute atomic E-state index is 13.1. The van der Waals surface area contributed by atoms with E-state index >= 15 is 0 Å². The zero-order valence-electron chi connectivity index (χ0n) is 18.8. The molecule has 0 fully saturated rings. The van der Waals surface area contributed by atoms with Crippen LogP contribution in [0, 0.1) is 0 Å². The van der Waals surface area contributed by atoms with Crippen LogP contribution in [0.4, 0.5) is 5.69 Å². The monoisotopic (exact) mass is 510 g/mol. The summed E-state index contributed by atoms with van der Waals surface area (Å²) in [5.74, 6) is -0.558. The van der Waals surface area contributed by atoms with Gasteiger partial charge in [-0.05, 0) is 55.0 Å². The molecule has 3 aromatic rings. The number of ether oxygens (including phenoxy) is 2. The van der Waals surface area contributed by atoms with E-state index in [0.717, 1.165) is 10.6 Å². The molecule has 3 aromatic carbocycles. The molecule has 0 spiro atoms. The fourth-order valence-electron chi connectivity index (χ4n) is 3.50. The van der Waals surface area contributed by atoms with Crippen LogP contribution in [0.15, 0.2) is 71.3 Å². The first kappa shape index (κ1) is 24.3. The highest BCUT2D eigenvalue weighted by Crippen LogP contribution is 2.32. The fourth-order valence-corrected chi connectivity index (χ4v) is 3.89. The van der Waals surface area contributed by atoms with Gasteiger partial charge in [-0.3, -0.25) is 4.79 Å². The molecule has 9 heteroatoms. The molecule has 7 nitrogen and oxygen atoms in total. The Morgan fingerprint density at radius 3 is 2.54 bits per heavy atom. The molecule has 0 saturated heterocycles. The van der Waals surface area contributed by atoms with E-state index in [2.05, 4.69) is 5.10 Å². The number of hydrogen-bond acceptors (Lipinski definition) is 5. The summed E-state index contributed by atoms with van der Waals surface area (Å²) < 4.78 is 11.4. The van der Waals surface area contributed by atoms with Crippen molar-refractivity contribution >= 4 is 52.6 Å². The van der Waals surface area contributed by atoms with Crippen LogP contribution in [0.2, 0.25) is 10.0 Å². The van der Waals surface area contributed by atoms with Gasteiger partial charge >= 0.3 is 5.97 Å². The van der Waals surface area contributed by atoms with Crippen molar-refractivity contribution in [2.45, 2.75) is 13.5 Å². The van der Waals surface area contributed by atoms with Crippen LogP contribution in [0.5, 0.6) is 11.5 Å². The maximum Gasteiger partial charge on any atom is 0.337 e. The third-order valence-corrected chi connectivity index (χ3v) is 6.03. The number of rotatable bonds is 7. The Hall–Kier alpha value is -3.81. The molecule has 1 heterocycles. The van der Waals surface area contributed by atoms with E-state index in [-0.39, 0.29) is 23.1 Å². The molecule has 1 aliphatic rings. The quantitative estimate of drug-likeness (QED) is 0.388. The Morgan fingerprint density at radius 1 is 1.06 bits per heavy atom. The van der Waals surface area contributed by atoms with Gasteiger partial charge in [0.15, 0.2) is 11.5 Å². The summed E-state index contributed by atoms with van der Waals surface area (Å²) in [7, 11) is 1.53. The molecule has 0 atom stereocenters. The van der Waals surface area contributed by atoms with Gasteiger partial charge in [0.25, 0.3) is 5.91 Å². The van der Waals surface area contributed by atoms with Gasteiger partial charge in [0.1, 0.15) is 6.61 Å². The molecule has 0 aliphatic carbocycles. The molecular weight excluding hydrogens is 491 g/mol. The van der Waals surface area contributed by atoms with Gasteiger partial charge in [-0.25, -0.2) is 4.79 Å². The van der Waals surface area contributed by atoms with Crippen molar-refractivity contribution in [3.8, 4) is 11.5 Å². The lowest BCUT2D eigenvalue weighted by atomic mass is 10.1. The summed E-state index contributed by atoms with van der Waals surface area (Å²) in [5, 5.41) is 15.5. The number of carboxylic acids is 1. The van der Waals surface area contributed by atoms with Crippen LogP contribution in [-0.4, -0.2) is 29.8 Å². The normalized spacial score (nSPS) is 14.3. The summed E-state index contributed by atoms with van der Waals surface area (Å²) >= 11 is 12.1. The van der Waals surface area contributed by atoms with Crippen molar-refractivity contribution in [2.75, 3.05) is 12.1 Å². The average Bonchev–Trinajstić information content (AvgIpc) is 3.12. The number of halogens is 2. The van der Waals surface area contributed by atoms with E-state index in [9.17, 15) is 14.7 Å². The van der Waals surface area contributed by atoms with Gasteiger partial charge in [-0.2, -0.15) is 10.1 Å². The number of methoxy groups -OCH3 is 1. The van der Waals surface area contributed by atoms with Gasteiger partial charge in [-0.15, -0.1) is 0 Å². The zero-order valence-corrected chi connectivity index (χ0v) is 20.3. The number of amides is 1. The van der Waals surface area contributed by atoms with Crippen molar-refractivity contribution in [2.24, 2.45) is 5.10 Å². The summed E-state index contributed by atoms with van der Waals surface area (Å²) in [6.07, 6.45) is 1.69. The van der Waals surface area contributed by atoms with E-state index in [0.29, 0.717) is 39.1 Å². The number of carbonyl (C=O) groups excluding carboxylic acids is 1. The second-order valence-electron chi connectivity index (χ2n) is 7.62. The Balaban J connectivity index is 1.57. The first-order valence-corrected chi connectivity index (χ1v) is 11.2. The van der Waals surface area contributed by atoms with E-state index in [1.54, 1.807) is 43.3 Å². The second-order valence-corrected chi connectivity index (χ2v) is 8.43. The number of hydrazone groups is 1. The highest BCUT2D eigenvalue weighted by atomic mass is 35.5. The highest BCUT2D eigenvalue weighted by molar-refractivity contribution is 6.34. The summed E-state index contributed by atoms with van der Waals surface area (Å²) in [6.45, 7) is 1.98. The molecule has 178 valence electrons. The minimum atomic E-state index is -1.19. The second kappa shape index (κ2) is 10.2. The van der Waals surface area contributed by atoms with E-state index in [4.69, 9.17) is 32.7 Å². The van der Waals surface area contributed by atoms with Crippen LogP contribution in [-0.2, 0) is 11.4 Å². The van der Waals surface area contributed by atoms with E-state index < -0.39 is 5.97 Å². The predicted octanol–water partition coefficient (Wildman–Crippen LogP) is 6.09. The zero-order chi connectivity index (χ0) is 25.1. The topological polar surface area (TPSA) is 88.4 Å². The van der Waals surface area contributed by atoms with E-state index in [1.807, 2.05) is 18.2 Å². The minimum Gasteiger partial charge on any atom is -0.493 e. The molecule has 0 bridgehead atoms. The molecule has 0 radical (unpaired) electrons. The Bertz CT molecular complexity index is 1380. The van der Waals surface area contributed by atoms with Gasteiger partial charge in [-0.1, -0.05) is 47.5 Å². The molecule has 4 rings (SSSR count). The van der Waals surface area contributed by atoms with Crippen LogP contribution in [0.25, 0.3) is 6.08 Å². The van der Waals surface area contributed by atoms with Crippen molar-refractivity contribution in [1.29, 1.82) is 0 Å². The van der Waals surface area contributed by atoms with Crippen molar-refractivity contribution < 1.29 is 24.2 Å². The Morgan fingerprint density at radius 2 is 1.83 bits per heavy atom. The lowest BCUT2D eigenvalue weighted by molar-refractivity contribution is -0.114. The molecule has 1 N–H and O–H groups in total. The predicted molar refractivity (Wildman–Crippen MR) is 136 cm³/mol. The van der Waals surface area contributed by atoms with Crippen LogP contribution < -0.4 is 14.5 Å². The van der Waals surface area contributed by atoms with Crippen molar-refractivity contribution in [1.82, 2.24) is 0 Å². The molecule has 0 unspecified atom stereocenters. The number of carbonyl (C=O) groups is 2. The number of anilines is 1. The Kier molecular flexibility index (Phi) is 7.10. The van der Waals surface area contributed by atoms with Gasteiger partial charge in [0.2, 0.25) is 0 Å². The minimum absolute atomic E-state index is 0.0771. The molecule has 0 aromatic heterocycles. The lowest BCUT2D eigenvalue weighted by Gasteiger charge is -2.13. The van der Waals surface area contributed by atoms with Gasteiger partial charge < -0.3 is 14.6 Å². The largest absolute Gasteiger partial charge is 0.493 e. The van der Waals surface area contributed by atoms with Gasteiger partial charge in [0.05, 0.1) is 34.7 Å². The first-order chi connectivity index (χ1) is 16.8. The molecular formula is C26H20Cl2N2O5. The summed E-state index contributed by atoms with van der Waals surface area (Å²) in [6, 6.07) is 17.0. The molecule has 0 saturated carbocycles. The number of aromatic carboxylic acids is 1. The maximum atomic E-state index is 13.1. The summed E-state index contributed by atoms with van der Waals surface area (Å²) in [4.78, 5) is 24.5. The molecule has 1 aliphatic heterocycles. The van der Waals surface area contributed by atoms with Crippen LogP contribution >= 0.6 is 23.2 Å². The highest BCUT2D eigenvalue weighted by Gasteiger charge is 2.29. The molecule has 1 amide bonds. The third kappa shape index (κ3) is 5.16. The van der Waals surface area contributed by atoms with Crippen LogP contribution in [0.3, 0.4) is 0 Å². The van der Waals surface area contributed by atoms with E-state index in [1.165, 1.54) is 19.2 Å². The van der Waals surface area contributed by atoms with Crippen molar-refractivity contribution in [3.63, 3.8) is 0 Å².